The van der Waals surface area contributed by atoms with E-state index in [2.05, 4.69) is 43.0 Å². The van der Waals surface area contributed by atoms with Gasteiger partial charge in [0, 0.05) is 31.5 Å². The molecule has 1 N–H and O–H groups in total. The molecular formula is C10H15BrN4. The molecule has 0 amide bonds. The van der Waals surface area contributed by atoms with E-state index in [-0.39, 0.29) is 0 Å². The van der Waals surface area contributed by atoms with Gasteiger partial charge in [-0.05, 0) is 35.8 Å². The summed E-state index contributed by atoms with van der Waals surface area (Å²) in [4.78, 5) is 10.9. The van der Waals surface area contributed by atoms with E-state index in [0.717, 1.165) is 30.1 Å². The van der Waals surface area contributed by atoms with Crippen LogP contribution in [0.25, 0.3) is 0 Å². The second-order valence-corrected chi connectivity index (χ2v) is 4.55. The van der Waals surface area contributed by atoms with Crippen molar-refractivity contribution in [3.8, 4) is 0 Å². The van der Waals surface area contributed by atoms with E-state index in [9.17, 15) is 0 Å². The SMILES string of the molecule is CCN(c1ncc(Br)cn1)C1CCNC1. The summed E-state index contributed by atoms with van der Waals surface area (Å²) in [6.07, 6.45) is 4.77. The van der Waals surface area contributed by atoms with Gasteiger partial charge in [-0.2, -0.15) is 0 Å². The monoisotopic (exact) mass is 270 g/mol. The molecule has 1 atom stereocenters. The third-order valence-corrected chi connectivity index (χ3v) is 3.09. The normalized spacial score (nSPS) is 20.5. The molecule has 82 valence electrons. The first-order chi connectivity index (χ1) is 7.31. The summed E-state index contributed by atoms with van der Waals surface area (Å²) >= 11 is 3.34. The number of nitrogens with one attached hydrogen (secondary N) is 1. The Morgan fingerprint density at radius 2 is 2.27 bits per heavy atom. The minimum Gasteiger partial charge on any atom is -0.337 e. The second-order valence-electron chi connectivity index (χ2n) is 3.63. The lowest BCUT2D eigenvalue weighted by Gasteiger charge is -2.26. The number of rotatable bonds is 3. The molecule has 1 aromatic heterocycles. The lowest BCUT2D eigenvalue weighted by atomic mass is 10.2. The standard InChI is InChI=1S/C10H15BrN4/c1-2-15(9-3-4-12-7-9)10-13-5-8(11)6-14-10/h5-6,9,12H,2-4,7H2,1H3. The van der Waals surface area contributed by atoms with Crippen molar-refractivity contribution in [2.45, 2.75) is 19.4 Å². The molecule has 1 aliphatic rings. The van der Waals surface area contributed by atoms with E-state index in [0.29, 0.717) is 6.04 Å². The number of halogens is 1. The van der Waals surface area contributed by atoms with Gasteiger partial charge in [0.1, 0.15) is 0 Å². The molecule has 0 aromatic carbocycles. The Hall–Kier alpha value is -0.680. The van der Waals surface area contributed by atoms with Gasteiger partial charge >= 0.3 is 0 Å². The van der Waals surface area contributed by atoms with Gasteiger partial charge < -0.3 is 10.2 Å². The fraction of sp³-hybridized carbons (Fsp3) is 0.600. The summed E-state index contributed by atoms with van der Waals surface area (Å²) in [5, 5.41) is 3.36. The van der Waals surface area contributed by atoms with Crippen molar-refractivity contribution in [3.05, 3.63) is 16.9 Å². The molecule has 0 radical (unpaired) electrons. The predicted molar refractivity (Wildman–Crippen MR) is 64.0 cm³/mol. The predicted octanol–water partition coefficient (Wildman–Crippen LogP) is 1.43. The number of likely N-dealkylation sites (N-methyl/N-ethyl adjacent to an activating group) is 1. The van der Waals surface area contributed by atoms with E-state index in [1.165, 1.54) is 6.42 Å². The Morgan fingerprint density at radius 1 is 1.53 bits per heavy atom. The van der Waals surface area contributed by atoms with Crippen molar-refractivity contribution >= 4 is 21.9 Å². The summed E-state index contributed by atoms with van der Waals surface area (Å²) in [5.74, 6) is 0.828. The van der Waals surface area contributed by atoms with Gasteiger partial charge in [-0.25, -0.2) is 9.97 Å². The van der Waals surface area contributed by atoms with E-state index in [4.69, 9.17) is 0 Å². The Morgan fingerprint density at radius 3 is 2.80 bits per heavy atom. The van der Waals surface area contributed by atoms with Crippen LogP contribution in [0, 0.1) is 0 Å². The molecule has 15 heavy (non-hydrogen) atoms. The van der Waals surface area contributed by atoms with Gasteiger partial charge in [0.2, 0.25) is 5.95 Å². The molecule has 5 heteroatoms. The van der Waals surface area contributed by atoms with Crippen molar-refractivity contribution in [3.63, 3.8) is 0 Å². The van der Waals surface area contributed by atoms with Crippen LogP contribution < -0.4 is 10.2 Å². The van der Waals surface area contributed by atoms with Gasteiger partial charge in [-0.15, -0.1) is 0 Å². The average Bonchev–Trinajstić information content (AvgIpc) is 2.75. The molecule has 1 fully saturated rings. The minimum atomic E-state index is 0.538. The van der Waals surface area contributed by atoms with Gasteiger partial charge in [-0.1, -0.05) is 0 Å². The molecule has 1 unspecified atom stereocenters. The molecule has 0 aliphatic carbocycles. The molecule has 2 heterocycles. The van der Waals surface area contributed by atoms with Crippen molar-refractivity contribution in [2.24, 2.45) is 0 Å². The first kappa shape index (κ1) is 10.8. The topological polar surface area (TPSA) is 41.1 Å². The van der Waals surface area contributed by atoms with Crippen LogP contribution >= 0.6 is 15.9 Å². The summed E-state index contributed by atoms with van der Waals surface area (Å²) in [7, 11) is 0. The van der Waals surface area contributed by atoms with Crippen LogP contribution in [0.2, 0.25) is 0 Å². The molecular weight excluding hydrogens is 256 g/mol. The lowest BCUT2D eigenvalue weighted by molar-refractivity contribution is 0.631. The van der Waals surface area contributed by atoms with Crippen LogP contribution in [0.1, 0.15) is 13.3 Å². The highest BCUT2D eigenvalue weighted by atomic mass is 79.9. The molecule has 4 nitrogen and oxygen atoms in total. The van der Waals surface area contributed by atoms with Gasteiger partial charge in [-0.3, -0.25) is 0 Å². The number of aromatic nitrogens is 2. The quantitative estimate of drug-likeness (QED) is 0.903. The fourth-order valence-corrected chi connectivity index (χ4v) is 2.13. The molecule has 0 spiro atoms. The van der Waals surface area contributed by atoms with Crippen LogP contribution in [0.4, 0.5) is 5.95 Å². The van der Waals surface area contributed by atoms with E-state index in [1.807, 2.05) is 0 Å². The average molecular weight is 271 g/mol. The number of hydrogen-bond acceptors (Lipinski definition) is 4. The lowest BCUT2D eigenvalue weighted by Crippen LogP contribution is -2.37. The van der Waals surface area contributed by atoms with Crippen molar-refractivity contribution in [2.75, 3.05) is 24.5 Å². The fourth-order valence-electron chi connectivity index (χ4n) is 1.92. The summed E-state index contributed by atoms with van der Waals surface area (Å²) in [5.41, 5.74) is 0. The van der Waals surface area contributed by atoms with E-state index < -0.39 is 0 Å². The van der Waals surface area contributed by atoms with Crippen LogP contribution in [0.3, 0.4) is 0 Å². The second kappa shape index (κ2) is 4.90. The van der Waals surface area contributed by atoms with Crippen molar-refractivity contribution < 1.29 is 0 Å². The number of anilines is 1. The summed E-state index contributed by atoms with van der Waals surface area (Å²) in [6.45, 7) is 5.22. The van der Waals surface area contributed by atoms with Crippen LogP contribution in [0.15, 0.2) is 16.9 Å². The molecule has 1 saturated heterocycles. The largest absolute Gasteiger partial charge is 0.337 e. The summed E-state index contributed by atoms with van der Waals surface area (Å²) in [6, 6.07) is 0.538. The van der Waals surface area contributed by atoms with Gasteiger partial charge in [0.25, 0.3) is 0 Å². The third-order valence-electron chi connectivity index (χ3n) is 2.68. The first-order valence-electron chi connectivity index (χ1n) is 5.26. The Kier molecular flexibility index (Phi) is 3.53. The Balaban J connectivity index is 2.14. The van der Waals surface area contributed by atoms with E-state index in [1.54, 1.807) is 12.4 Å². The highest BCUT2D eigenvalue weighted by Gasteiger charge is 2.22. The Labute approximate surface area is 98.2 Å². The zero-order chi connectivity index (χ0) is 10.7. The highest BCUT2D eigenvalue weighted by molar-refractivity contribution is 9.10. The van der Waals surface area contributed by atoms with Gasteiger partial charge in [0.15, 0.2) is 0 Å². The van der Waals surface area contributed by atoms with Gasteiger partial charge in [0.05, 0.1) is 4.47 Å². The summed E-state index contributed by atoms with van der Waals surface area (Å²) < 4.78 is 0.923. The minimum absolute atomic E-state index is 0.538. The van der Waals surface area contributed by atoms with Crippen molar-refractivity contribution in [1.82, 2.24) is 15.3 Å². The number of hydrogen-bond donors (Lipinski definition) is 1. The number of nitrogens with zero attached hydrogens (tertiary/aromatic N) is 3. The van der Waals surface area contributed by atoms with Crippen LogP contribution in [-0.4, -0.2) is 35.6 Å². The molecule has 0 bridgehead atoms. The molecule has 2 rings (SSSR count). The Bertz CT molecular complexity index is 308. The van der Waals surface area contributed by atoms with Crippen LogP contribution in [-0.2, 0) is 0 Å². The van der Waals surface area contributed by atoms with E-state index >= 15 is 0 Å². The molecule has 1 aromatic rings. The van der Waals surface area contributed by atoms with Crippen LogP contribution in [0.5, 0.6) is 0 Å². The maximum Gasteiger partial charge on any atom is 0.225 e. The maximum atomic E-state index is 4.33. The smallest absolute Gasteiger partial charge is 0.225 e. The third kappa shape index (κ3) is 2.46. The first-order valence-corrected chi connectivity index (χ1v) is 6.05. The molecule has 0 saturated carbocycles. The highest BCUT2D eigenvalue weighted by Crippen LogP contribution is 2.16. The zero-order valence-electron chi connectivity index (χ0n) is 8.78. The zero-order valence-corrected chi connectivity index (χ0v) is 10.4. The molecule has 1 aliphatic heterocycles. The maximum absolute atomic E-state index is 4.33. The van der Waals surface area contributed by atoms with Crippen molar-refractivity contribution in [1.29, 1.82) is 0 Å².